The number of amides is 1. The van der Waals surface area contributed by atoms with E-state index in [-0.39, 0.29) is 11.8 Å². The number of hydrogen-bond donors (Lipinski definition) is 1. The van der Waals surface area contributed by atoms with E-state index >= 15 is 0 Å². The second kappa shape index (κ2) is 7.51. The number of aromatic nitrogens is 2. The van der Waals surface area contributed by atoms with E-state index in [1.165, 1.54) is 0 Å². The average Bonchev–Trinajstić information content (AvgIpc) is 2.64. The largest absolute Gasteiger partial charge is 0.323 e. The zero-order valence-corrected chi connectivity index (χ0v) is 13.5. The van der Waals surface area contributed by atoms with E-state index in [9.17, 15) is 4.79 Å². The molecule has 3 rings (SSSR count). The molecule has 0 aliphatic rings. The van der Waals surface area contributed by atoms with Gasteiger partial charge in [0.2, 0.25) is 5.91 Å². The smallest absolute Gasteiger partial charge is 0.225 e. The summed E-state index contributed by atoms with van der Waals surface area (Å²) in [6.07, 6.45) is 3.70. The van der Waals surface area contributed by atoms with Crippen LogP contribution < -0.4 is 5.32 Å². The van der Waals surface area contributed by atoms with Gasteiger partial charge in [-0.05, 0) is 11.5 Å². The van der Waals surface area contributed by atoms with Gasteiger partial charge in [0.15, 0.2) is 5.82 Å². The molecule has 1 N–H and O–H groups in total. The van der Waals surface area contributed by atoms with Gasteiger partial charge in [0.1, 0.15) is 0 Å². The third-order valence-electron chi connectivity index (χ3n) is 3.83. The molecule has 0 saturated heterocycles. The Morgan fingerprint density at radius 3 is 2.17 bits per heavy atom. The first kappa shape index (κ1) is 15.9. The minimum atomic E-state index is -0.0394. The van der Waals surface area contributed by atoms with Crippen molar-refractivity contribution in [1.82, 2.24) is 9.97 Å². The summed E-state index contributed by atoms with van der Waals surface area (Å²) in [7, 11) is 0. The number of hydrogen-bond acceptors (Lipinski definition) is 3. The van der Waals surface area contributed by atoms with Crippen LogP contribution in [0, 0.1) is 0 Å². The highest BCUT2D eigenvalue weighted by atomic mass is 16.1. The summed E-state index contributed by atoms with van der Waals surface area (Å²) < 4.78 is 0. The van der Waals surface area contributed by atoms with Crippen LogP contribution in [0.25, 0.3) is 11.4 Å². The Morgan fingerprint density at radius 1 is 0.958 bits per heavy atom. The maximum atomic E-state index is 12.2. The first-order chi connectivity index (χ1) is 11.7. The summed E-state index contributed by atoms with van der Waals surface area (Å²) in [5.74, 6) is 0.768. The minimum absolute atomic E-state index is 0.0394. The highest BCUT2D eigenvalue weighted by Gasteiger charge is 2.11. The molecular formula is C20H19N3O. The molecule has 1 aromatic heterocycles. The third kappa shape index (κ3) is 4.04. The Balaban J connectivity index is 1.61. The van der Waals surface area contributed by atoms with Crippen molar-refractivity contribution in [3.05, 3.63) is 78.6 Å². The van der Waals surface area contributed by atoms with E-state index in [1.54, 1.807) is 12.4 Å². The van der Waals surface area contributed by atoms with Crippen LogP contribution in [0.4, 0.5) is 5.69 Å². The molecule has 1 amide bonds. The molecule has 0 fully saturated rings. The Kier molecular flexibility index (Phi) is 4.96. The summed E-state index contributed by atoms with van der Waals surface area (Å²) in [4.78, 5) is 20.8. The second-order valence-electron chi connectivity index (χ2n) is 5.73. The van der Waals surface area contributed by atoms with Gasteiger partial charge in [0, 0.05) is 12.0 Å². The number of nitrogens with one attached hydrogen (secondary N) is 1. The van der Waals surface area contributed by atoms with Gasteiger partial charge in [0.25, 0.3) is 0 Å². The summed E-state index contributed by atoms with van der Waals surface area (Å²) in [5, 5.41) is 2.86. The Labute approximate surface area is 141 Å². The van der Waals surface area contributed by atoms with Gasteiger partial charge in [-0.15, -0.1) is 0 Å². The van der Waals surface area contributed by atoms with Crippen LogP contribution in [0.1, 0.15) is 24.8 Å². The van der Waals surface area contributed by atoms with Gasteiger partial charge >= 0.3 is 0 Å². The Hall–Kier alpha value is -3.01. The lowest BCUT2D eigenvalue weighted by atomic mass is 9.97. The zero-order chi connectivity index (χ0) is 16.8. The molecule has 4 heteroatoms. The molecule has 0 spiro atoms. The van der Waals surface area contributed by atoms with Gasteiger partial charge in [0.05, 0.1) is 18.1 Å². The van der Waals surface area contributed by atoms with E-state index in [4.69, 9.17) is 0 Å². The summed E-state index contributed by atoms with van der Waals surface area (Å²) in [6, 6.07) is 19.8. The lowest BCUT2D eigenvalue weighted by Gasteiger charge is -2.12. The predicted octanol–water partition coefficient (Wildman–Crippen LogP) is 4.28. The van der Waals surface area contributed by atoms with Gasteiger partial charge in [-0.3, -0.25) is 4.79 Å². The average molecular weight is 317 g/mol. The highest BCUT2D eigenvalue weighted by molar-refractivity contribution is 5.90. The maximum absolute atomic E-state index is 12.2. The van der Waals surface area contributed by atoms with Crippen LogP contribution in [-0.2, 0) is 4.79 Å². The molecular weight excluding hydrogens is 298 g/mol. The van der Waals surface area contributed by atoms with Crippen molar-refractivity contribution < 1.29 is 4.79 Å². The number of benzene rings is 2. The summed E-state index contributed by atoms with van der Waals surface area (Å²) in [5.41, 5.74) is 2.72. The predicted molar refractivity (Wildman–Crippen MR) is 95.6 cm³/mol. The van der Waals surface area contributed by atoms with Gasteiger partial charge in [-0.25, -0.2) is 9.97 Å². The topological polar surface area (TPSA) is 54.9 Å². The molecule has 2 aromatic carbocycles. The molecule has 3 aromatic rings. The monoisotopic (exact) mass is 317 g/mol. The van der Waals surface area contributed by atoms with E-state index in [2.05, 4.69) is 15.3 Å². The van der Waals surface area contributed by atoms with E-state index in [0.29, 0.717) is 17.9 Å². The molecule has 0 bridgehead atoms. The van der Waals surface area contributed by atoms with Crippen molar-refractivity contribution in [1.29, 1.82) is 0 Å². The highest BCUT2D eigenvalue weighted by Crippen LogP contribution is 2.20. The standard InChI is InChI=1S/C20H19N3O/c1-15(16-8-4-2-5-9-16)12-19(24)23-18-13-21-20(22-14-18)17-10-6-3-7-11-17/h2-11,13-15H,12H2,1H3,(H,23,24)/t15-/m0/s1. The van der Waals surface area contributed by atoms with E-state index in [1.807, 2.05) is 67.6 Å². The summed E-state index contributed by atoms with van der Waals surface area (Å²) in [6.45, 7) is 2.05. The molecule has 0 saturated carbocycles. The lowest BCUT2D eigenvalue weighted by Crippen LogP contribution is -2.14. The number of carbonyl (C=O) groups is 1. The van der Waals surface area contributed by atoms with Gasteiger partial charge in [-0.2, -0.15) is 0 Å². The zero-order valence-electron chi connectivity index (χ0n) is 13.5. The molecule has 0 aliphatic carbocycles. The minimum Gasteiger partial charge on any atom is -0.323 e. The third-order valence-corrected chi connectivity index (χ3v) is 3.83. The van der Waals surface area contributed by atoms with Crippen LogP contribution in [0.5, 0.6) is 0 Å². The molecule has 0 unspecified atom stereocenters. The number of nitrogens with zero attached hydrogens (tertiary/aromatic N) is 2. The van der Waals surface area contributed by atoms with Crippen molar-refractivity contribution in [3.63, 3.8) is 0 Å². The van der Waals surface area contributed by atoms with Gasteiger partial charge in [-0.1, -0.05) is 67.6 Å². The first-order valence-corrected chi connectivity index (χ1v) is 7.94. The van der Waals surface area contributed by atoms with Crippen molar-refractivity contribution >= 4 is 11.6 Å². The number of anilines is 1. The molecule has 0 radical (unpaired) electrons. The fourth-order valence-corrected chi connectivity index (χ4v) is 2.52. The molecule has 1 heterocycles. The molecule has 1 atom stereocenters. The van der Waals surface area contributed by atoms with Crippen LogP contribution in [0.2, 0.25) is 0 Å². The van der Waals surface area contributed by atoms with Crippen molar-refractivity contribution in [2.24, 2.45) is 0 Å². The quantitative estimate of drug-likeness (QED) is 0.764. The van der Waals surface area contributed by atoms with Crippen molar-refractivity contribution in [2.45, 2.75) is 19.3 Å². The first-order valence-electron chi connectivity index (χ1n) is 7.94. The lowest BCUT2D eigenvalue weighted by molar-refractivity contribution is -0.116. The normalized spacial score (nSPS) is 11.7. The Bertz CT molecular complexity index is 786. The van der Waals surface area contributed by atoms with E-state index in [0.717, 1.165) is 11.1 Å². The summed E-state index contributed by atoms with van der Waals surface area (Å²) >= 11 is 0. The molecule has 120 valence electrons. The van der Waals surface area contributed by atoms with Crippen molar-refractivity contribution in [2.75, 3.05) is 5.32 Å². The second-order valence-corrected chi connectivity index (χ2v) is 5.73. The van der Waals surface area contributed by atoms with E-state index < -0.39 is 0 Å². The van der Waals surface area contributed by atoms with Crippen LogP contribution in [0.15, 0.2) is 73.1 Å². The number of rotatable bonds is 5. The fourth-order valence-electron chi connectivity index (χ4n) is 2.52. The fraction of sp³-hybridized carbons (Fsp3) is 0.150. The van der Waals surface area contributed by atoms with Crippen molar-refractivity contribution in [3.8, 4) is 11.4 Å². The maximum Gasteiger partial charge on any atom is 0.225 e. The molecule has 4 nitrogen and oxygen atoms in total. The molecule has 0 aliphatic heterocycles. The van der Waals surface area contributed by atoms with Crippen LogP contribution in [-0.4, -0.2) is 15.9 Å². The molecule has 24 heavy (non-hydrogen) atoms. The Morgan fingerprint density at radius 2 is 1.54 bits per heavy atom. The van der Waals surface area contributed by atoms with Crippen LogP contribution in [0.3, 0.4) is 0 Å². The number of carbonyl (C=O) groups excluding carboxylic acids is 1. The van der Waals surface area contributed by atoms with Gasteiger partial charge < -0.3 is 5.32 Å². The SMILES string of the molecule is C[C@@H](CC(=O)Nc1cnc(-c2ccccc2)nc1)c1ccccc1. The van der Waals surface area contributed by atoms with Crippen LogP contribution >= 0.6 is 0 Å².